The van der Waals surface area contributed by atoms with Gasteiger partial charge in [0.05, 0.1) is 19.1 Å². The van der Waals surface area contributed by atoms with Gasteiger partial charge in [-0.2, -0.15) is 13.2 Å². The third-order valence-electron chi connectivity index (χ3n) is 4.47. The zero-order valence-corrected chi connectivity index (χ0v) is 16.8. The van der Waals surface area contributed by atoms with Crippen molar-refractivity contribution in [2.45, 2.75) is 25.6 Å². The first-order chi connectivity index (χ1) is 13.1. The molecule has 0 spiro atoms. The summed E-state index contributed by atoms with van der Waals surface area (Å²) in [7, 11) is 3.06. The molecule has 0 amide bonds. The molecule has 28 heavy (non-hydrogen) atoms. The van der Waals surface area contributed by atoms with Gasteiger partial charge >= 0.3 is 6.18 Å². The van der Waals surface area contributed by atoms with E-state index >= 15 is 0 Å². The van der Waals surface area contributed by atoms with Crippen LogP contribution in [-0.4, -0.2) is 43.2 Å². The molecule has 0 aromatic heterocycles. The normalized spacial score (nSPS) is 14.2. The average molecular weight is 415 g/mol. The van der Waals surface area contributed by atoms with Crippen LogP contribution in [0.15, 0.2) is 41.4 Å². The molecule has 0 aliphatic rings. The van der Waals surface area contributed by atoms with Gasteiger partial charge in [-0.25, -0.2) is 4.99 Å². The fourth-order valence-corrected chi connectivity index (χ4v) is 2.99. The lowest BCUT2D eigenvalue weighted by Gasteiger charge is -2.33. The van der Waals surface area contributed by atoms with E-state index in [0.29, 0.717) is 11.3 Å². The average Bonchev–Trinajstić information content (AvgIpc) is 2.65. The molecule has 1 N–H and O–H groups in total. The quantitative estimate of drug-likeness (QED) is 0.530. The molecule has 152 valence electrons. The third-order valence-corrected chi connectivity index (χ3v) is 4.80. The molecule has 0 heterocycles. The van der Waals surface area contributed by atoms with Crippen LogP contribution < -0.4 is 4.74 Å². The molecule has 2 aromatic carbocycles. The number of methoxy groups -OCH3 is 1. The number of halogens is 4. The maximum absolute atomic E-state index is 14.1. The fourth-order valence-electron chi connectivity index (χ4n) is 2.72. The predicted octanol–water partition coefficient (Wildman–Crippen LogP) is 5.07. The zero-order valence-electron chi connectivity index (χ0n) is 16.0. The molecular formula is C20H22ClF3N2O2. The van der Waals surface area contributed by atoms with Crippen molar-refractivity contribution < 1.29 is 23.0 Å². The Balaban J connectivity index is 2.73. The van der Waals surface area contributed by atoms with Gasteiger partial charge in [0.2, 0.25) is 5.60 Å². The number of alkyl halides is 3. The second-order valence-electron chi connectivity index (χ2n) is 6.34. The van der Waals surface area contributed by atoms with E-state index in [1.165, 1.54) is 37.4 Å². The number of rotatable bonds is 6. The number of nitrogens with zero attached hydrogens (tertiary/aromatic N) is 2. The summed E-state index contributed by atoms with van der Waals surface area (Å²) in [5.41, 5.74) is -3.38. The minimum atomic E-state index is -5.04. The first kappa shape index (κ1) is 22.0. The zero-order chi connectivity index (χ0) is 21.1. The van der Waals surface area contributed by atoms with Crippen molar-refractivity contribution in [3.05, 3.63) is 58.1 Å². The van der Waals surface area contributed by atoms with Crippen molar-refractivity contribution in [1.82, 2.24) is 4.90 Å². The van der Waals surface area contributed by atoms with Crippen LogP contribution in [0.1, 0.15) is 23.6 Å². The number of benzene rings is 2. The van der Waals surface area contributed by atoms with Crippen molar-refractivity contribution in [2.24, 2.45) is 4.99 Å². The molecule has 1 unspecified atom stereocenters. The highest BCUT2D eigenvalue weighted by Crippen LogP contribution is 2.50. The SMILES string of the molecule is CCN(C)C=Nc1cc(OC)c(C(O)(c2ccccc2Cl)C(F)(F)F)cc1C. The summed E-state index contributed by atoms with van der Waals surface area (Å²) >= 11 is 6.00. The largest absolute Gasteiger partial charge is 0.496 e. The Hall–Kier alpha value is -2.25. The molecule has 2 aromatic rings. The van der Waals surface area contributed by atoms with Crippen LogP contribution in [0.3, 0.4) is 0 Å². The fraction of sp³-hybridized carbons (Fsp3) is 0.350. The summed E-state index contributed by atoms with van der Waals surface area (Å²) in [6.45, 7) is 4.28. The summed E-state index contributed by atoms with van der Waals surface area (Å²) in [5, 5.41) is 10.7. The Bertz CT molecular complexity index is 871. The van der Waals surface area contributed by atoms with Crippen molar-refractivity contribution >= 4 is 23.6 Å². The monoisotopic (exact) mass is 414 g/mol. The van der Waals surface area contributed by atoms with Gasteiger partial charge in [-0.15, -0.1) is 0 Å². The summed E-state index contributed by atoms with van der Waals surface area (Å²) in [6.07, 6.45) is -3.46. The van der Waals surface area contributed by atoms with E-state index in [0.717, 1.165) is 12.6 Å². The van der Waals surface area contributed by atoms with Crippen LogP contribution in [0.5, 0.6) is 5.75 Å². The van der Waals surface area contributed by atoms with Crippen molar-refractivity contribution in [3.8, 4) is 5.75 Å². The standard InChI is InChI=1S/C20H22ClF3N2O2/c1-5-26(3)12-25-17-11-18(28-4)15(10-13(17)2)19(27,20(22,23)24)14-8-6-7-9-16(14)21/h6-12,27H,5H2,1-4H3. The maximum Gasteiger partial charge on any atom is 0.425 e. The van der Waals surface area contributed by atoms with Gasteiger partial charge in [0.1, 0.15) is 5.75 Å². The first-order valence-corrected chi connectivity index (χ1v) is 8.91. The molecule has 0 radical (unpaired) electrons. The van der Waals surface area contributed by atoms with Gasteiger partial charge in [-0.3, -0.25) is 0 Å². The highest BCUT2D eigenvalue weighted by Gasteiger charge is 2.58. The topological polar surface area (TPSA) is 45.1 Å². The predicted molar refractivity (Wildman–Crippen MR) is 105 cm³/mol. The molecule has 0 aliphatic heterocycles. The van der Waals surface area contributed by atoms with Gasteiger partial charge in [-0.05, 0) is 31.5 Å². The minimum absolute atomic E-state index is 0.142. The molecule has 4 nitrogen and oxygen atoms in total. The molecule has 0 saturated carbocycles. The lowest BCUT2D eigenvalue weighted by molar-refractivity contribution is -0.248. The number of hydrogen-bond donors (Lipinski definition) is 1. The summed E-state index contributed by atoms with van der Waals surface area (Å²) in [4.78, 5) is 6.11. The Labute approximate surface area is 167 Å². The number of aliphatic hydroxyl groups is 1. The second kappa shape index (κ2) is 8.41. The van der Waals surface area contributed by atoms with Gasteiger partial charge in [0, 0.05) is 35.8 Å². The highest BCUT2D eigenvalue weighted by atomic mass is 35.5. The molecule has 0 aliphatic carbocycles. The Morgan fingerprint density at radius 3 is 2.39 bits per heavy atom. The molecule has 0 bridgehead atoms. The van der Waals surface area contributed by atoms with E-state index in [1.807, 2.05) is 18.9 Å². The number of hydrogen-bond acceptors (Lipinski definition) is 3. The van der Waals surface area contributed by atoms with Crippen LogP contribution >= 0.6 is 11.6 Å². The smallest absolute Gasteiger partial charge is 0.425 e. The molecule has 2 rings (SSSR count). The van der Waals surface area contributed by atoms with Crippen LogP contribution in [-0.2, 0) is 5.60 Å². The number of aliphatic imine (C=N–C) groups is 1. The molecule has 8 heteroatoms. The summed E-state index contributed by atoms with van der Waals surface area (Å²) in [5.74, 6) is -0.142. The molecule has 0 fully saturated rings. The molecular weight excluding hydrogens is 393 g/mol. The number of ether oxygens (including phenoxy) is 1. The van der Waals surface area contributed by atoms with Gasteiger partial charge in [-0.1, -0.05) is 29.8 Å². The van der Waals surface area contributed by atoms with Crippen LogP contribution in [0, 0.1) is 6.92 Å². The molecule has 1 atom stereocenters. The minimum Gasteiger partial charge on any atom is -0.496 e. The Morgan fingerprint density at radius 1 is 1.21 bits per heavy atom. The Kier molecular flexibility index (Phi) is 6.62. The van der Waals surface area contributed by atoms with E-state index in [9.17, 15) is 18.3 Å². The first-order valence-electron chi connectivity index (χ1n) is 8.53. The van der Waals surface area contributed by atoms with E-state index in [4.69, 9.17) is 16.3 Å². The van der Waals surface area contributed by atoms with E-state index in [1.54, 1.807) is 13.3 Å². The molecule has 0 saturated heterocycles. The van der Waals surface area contributed by atoms with Crippen molar-refractivity contribution in [3.63, 3.8) is 0 Å². The van der Waals surface area contributed by atoms with Crippen LogP contribution in [0.2, 0.25) is 5.02 Å². The van der Waals surface area contributed by atoms with Gasteiger partial charge < -0.3 is 14.7 Å². The van der Waals surface area contributed by atoms with E-state index < -0.39 is 22.9 Å². The third kappa shape index (κ3) is 4.10. The second-order valence-corrected chi connectivity index (χ2v) is 6.75. The van der Waals surface area contributed by atoms with Crippen molar-refractivity contribution in [2.75, 3.05) is 20.7 Å². The van der Waals surface area contributed by atoms with Crippen LogP contribution in [0.25, 0.3) is 0 Å². The number of aryl methyl sites for hydroxylation is 1. The van der Waals surface area contributed by atoms with E-state index in [2.05, 4.69) is 4.99 Å². The van der Waals surface area contributed by atoms with Crippen LogP contribution in [0.4, 0.5) is 18.9 Å². The summed E-state index contributed by atoms with van der Waals surface area (Å²) in [6, 6.07) is 7.93. The van der Waals surface area contributed by atoms with Gasteiger partial charge in [0.15, 0.2) is 0 Å². The van der Waals surface area contributed by atoms with E-state index in [-0.39, 0.29) is 10.8 Å². The lowest BCUT2D eigenvalue weighted by Crippen LogP contribution is -2.44. The Morgan fingerprint density at radius 2 is 1.86 bits per heavy atom. The van der Waals surface area contributed by atoms with Gasteiger partial charge in [0.25, 0.3) is 0 Å². The summed E-state index contributed by atoms with van der Waals surface area (Å²) < 4.78 is 47.5. The lowest BCUT2D eigenvalue weighted by atomic mass is 9.84. The highest BCUT2D eigenvalue weighted by molar-refractivity contribution is 6.31. The maximum atomic E-state index is 14.1. The van der Waals surface area contributed by atoms with Crippen molar-refractivity contribution in [1.29, 1.82) is 0 Å².